The number of nitrogens with zero attached hydrogens (tertiary/aromatic N) is 2. The van der Waals surface area contributed by atoms with Crippen LogP contribution in [0.2, 0.25) is 5.15 Å². The Bertz CT molecular complexity index is 743. The lowest BCUT2D eigenvalue weighted by Gasteiger charge is -2.07. The lowest BCUT2D eigenvalue weighted by Crippen LogP contribution is -1.90. The molecule has 1 aromatic heterocycles. The molecule has 19 heavy (non-hydrogen) atoms. The van der Waals surface area contributed by atoms with Crippen molar-refractivity contribution < 1.29 is 0 Å². The number of aryl methyl sites for hydroxylation is 1. The zero-order valence-corrected chi connectivity index (χ0v) is 11.9. The Kier molecular flexibility index (Phi) is 3.40. The maximum Gasteiger partial charge on any atom is 0.159 e. The largest absolute Gasteiger partial charge is 0.159 e. The van der Waals surface area contributed by atoms with E-state index >= 15 is 0 Å². The van der Waals surface area contributed by atoms with Crippen molar-refractivity contribution >= 4 is 34.1 Å². The van der Waals surface area contributed by atoms with Crippen molar-refractivity contribution in [1.82, 2.24) is 10.2 Å². The van der Waals surface area contributed by atoms with Crippen LogP contribution in [0.15, 0.2) is 58.5 Å². The third kappa shape index (κ3) is 2.44. The van der Waals surface area contributed by atoms with Crippen LogP contribution >= 0.6 is 23.4 Å². The molecule has 0 saturated heterocycles. The fraction of sp³-hybridized carbons (Fsp3) is 0.0667. The first kappa shape index (κ1) is 12.5. The van der Waals surface area contributed by atoms with Crippen molar-refractivity contribution in [2.45, 2.75) is 16.8 Å². The minimum atomic E-state index is 0.449. The van der Waals surface area contributed by atoms with Crippen LogP contribution in [0.5, 0.6) is 0 Å². The van der Waals surface area contributed by atoms with Gasteiger partial charge in [-0.15, -0.1) is 10.2 Å². The van der Waals surface area contributed by atoms with Crippen LogP contribution in [0.3, 0.4) is 0 Å². The fourth-order valence-corrected chi connectivity index (χ4v) is 3.05. The number of hydrogen-bond donors (Lipinski definition) is 0. The summed E-state index contributed by atoms with van der Waals surface area (Å²) in [6, 6.07) is 16.2. The highest BCUT2D eigenvalue weighted by Crippen LogP contribution is 2.34. The van der Waals surface area contributed by atoms with E-state index < -0.39 is 0 Å². The fourth-order valence-electron chi connectivity index (χ4n) is 1.90. The van der Waals surface area contributed by atoms with Crippen molar-refractivity contribution in [3.63, 3.8) is 0 Å². The number of halogens is 1. The number of fused-ring (bicyclic) bond motifs is 1. The number of hydrogen-bond acceptors (Lipinski definition) is 3. The molecule has 0 fully saturated rings. The molecule has 0 bridgehead atoms. The van der Waals surface area contributed by atoms with Crippen LogP contribution < -0.4 is 0 Å². The van der Waals surface area contributed by atoms with Gasteiger partial charge in [-0.1, -0.05) is 65.8 Å². The second-order valence-corrected chi connectivity index (χ2v) is 5.60. The van der Waals surface area contributed by atoms with Crippen molar-refractivity contribution in [2.75, 3.05) is 0 Å². The number of benzene rings is 2. The summed E-state index contributed by atoms with van der Waals surface area (Å²) in [5, 5.41) is 11.6. The van der Waals surface area contributed by atoms with Crippen LogP contribution in [0.1, 0.15) is 5.56 Å². The first-order valence-corrected chi connectivity index (χ1v) is 7.09. The predicted octanol–water partition coefficient (Wildman–Crippen LogP) is 4.74. The van der Waals surface area contributed by atoms with Gasteiger partial charge in [0.25, 0.3) is 0 Å². The molecule has 3 aromatic rings. The highest BCUT2D eigenvalue weighted by molar-refractivity contribution is 7.99. The Labute approximate surface area is 120 Å². The molecule has 4 heteroatoms. The van der Waals surface area contributed by atoms with Gasteiger partial charge in [0, 0.05) is 15.7 Å². The summed E-state index contributed by atoms with van der Waals surface area (Å²) in [7, 11) is 0. The smallest absolute Gasteiger partial charge is 0.142 e. The molecular weight excluding hydrogens is 276 g/mol. The molecule has 0 spiro atoms. The van der Waals surface area contributed by atoms with Crippen LogP contribution in [0, 0.1) is 6.92 Å². The Morgan fingerprint density at radius 2 is 1.58 bits per heavy atom. The zero-order chi connectivity index (χ0) is 13.2. The normalized spacial score (nSPS) is 10.8. The van der Waals surface area contributed by atoms with Gasteiger partial charge in [-0.3, -0.25) is 0 Å². The highest BCUT2D eigenvalue weighted by atomic mass is 35.5. The molecule has 1 heterocycles. The molecular formula is C15H11ClN2S. The Morgan fingerprint density at radius 1 is 0.895 bits per heavy atom. The van der Waals surface area contributed by atoms with Crippen LogP contribution in [0.4, 0.5) is 0 Å². The van der Waals surface area contributed by atoms with E-state index in [0.29, 0.717) is 5.15 Å². The van der Waals surface area contributed by atoms with Gasteiger partial charge in [0.15, 0.2) is 5.15 Å². The van der Waals surface area contributed by atoms with Gasteiger partial charge in [-0.2, -0.15) is 0 Å². The minimum absolute atomic E-state index is 0.449. The van der Waals surface area contributed by atoms with Gasteiger partial charge in [0.1, 0.15) is 5.03 Å². The van der Waals surface area contributed by atoms with Crippen molar-refractivity contribution in [3.05, 3.63) is 59.2 Å². The molecule has 0 radical (unpaired) electrons. The van der Waals surface area contributed by atoms with Gasteiger partial charge in [0.2, 0.25) is 0 Å². The second kappa shape index (κ2) is 5.19. The number of rotatable bonds is 2. The molecule has 3 rings (SSSR count). The lowest BCUT2D eigenvalue weighted by atomic mass is 10.2. The average molecular weight is 287 g/mol. The summed E-state index contributed by atoms with van der Waals surface area (Å²) in [5.41, 5.74) is 1.23. The maximum absolute atomic E-state index is 6.08. The molecule has 0 amide bonds. The van der Waals surface area contributed by atoms with E-state index in [2.05, 4.69) is 29.3 Å². The topological polar surface area (TPSA) is 25.8 Å². The lowest BCUT2D eigenvalue weighted by molar-refractivity contribution is 0.956. The predicted molar refractivity (Wildman–Crippen MR) is 79.9 cm³/mol. The van der Waals surface area contributed by atoms with Crippen molar-refractivity contribution in [1.29, 1.82) is 0 Å². The number of aromatic nitrogens is 2. The summed E-state index contributed by atoms with van der Waals surface area (Å²) in [6.07, 6.45) is 0. The van der Waals surface area contributed by atoms with E-state index in [-0.39, 0.29) is 0 Å². The highest BCUT2D eigenvalue weighted by Gasteiger charge is 2.09. The van der Waals surface area contributed by atoms with E-state index in [9.17, 15) is 0 Å². The Morgan fingerprint density at radius 3 is 2.37 bits per heavy atom. The molecule has 0 aliphatic heterocycles. The molecule has 0 aliphatic rings. The van der Waals surface area contributed by atoms with E-state index in [1.807, 2.05) is 36.4 Å². The van der Waals surface area contributed by atoms with Gasteiger partial charge in [-0.05, 0) is 18.6 Å². The van der Waals surface area contributed by atoms with Gasteiger partial charge in [0.05, 0.1) is 0 Å². The van der Waals surface area contributed by atoms with Crippen LogP contribution in [-0.2, 0) is 0 Å². The van der Waals surface area contributed by atoms with Crippen molar-refractivity contribution in [2.24, 2.45) is 0 Å². The summed E-state index contributed by atoms with van der Waals surface area (Å²) in [6.45, 7) is 2.09. The molecule has 0 saturated carbocycles. The maximum atomic E-state index is 6.08. The zero-order valence-electron chi connectivity index (χ0n) is 10.3. The summed E-state index contributed by atoms with van der Waals surface area (Å²) >= 11 is 7.70. The van der Waals surface area contributed by atoms with E-state index in [4.69, 9.17) is 11.6 Å². The van der Waals surface area contributed by atoms with E-state index in [0.717, 1.165) is 15.8 Å². The first-order valence-electron chi connectivity index (χ1n) is 5.90. The Balaban J connectivity index is 2.12. The third-order valence-electron chi connectivity index (χ3n) is 2.91. The molecule has 94 valence electrons. The first-order chi connectivity index (χ1) is 9.25. The Hall–Kier alpha value is -1.58. The molecule has 0 aliphatic carbocycles. The second-order valence-electron chi connectivity index (χ2n) is 4.21. The van der Waals surface area contributed by atoms with Gasteiger partial charge in [-0.25, -0.2) is 0 Å². The molecule has 2 nitrogen and oxygen atoms in total. The SMILES string of the molecule is Cc1ccccc1Sc1nnc(Cl)c2ccccc12. The van der Waals surface area contributed by atoms with Crippen LogP contribution in [-0.4, -0.2) is 10.2 Å². The minimum Gasteiger partial charge on any atom is -0.142 e. The molecule has 0 atom stereocenters. The van der Waals surface area contributed by atoms with Crippen LogP contribution in [0.25, 0.3) is 10.8 Å². The molecule has 0 N–H and O–H groups in total. The summed E-state index contributed by atoms with van der Waals surface area (Å²) in [4.78, 5) is 1.18. The van der Waals surface area contributed by atoms with E-state index in [1.54, 1.807) is 11.8 Å². The summed E-state index contributed by atoms with van der Waals surface area (Å²) in [5.74, 6) is 0. The van der Waals surface area contributed by atoms with E-state index in [1.165, 1.54) is 10.5 Å². The molecule has 0 unspecified atom stereocenters. The standard InChI is InChI=1S/C15H11ClN2S/c1-10-6-2-5-9-13(10)19-15-12-8-4-3-7-11(12)14(16)17-18-15/h2-9H,1H3. The monoisotopic (exact) mass is 286 g/mol. The van der Waals surface area contributed by atoms with Gasteiger partial charge >= 0.3 is 0 Å². The average Bonchev–Trinajstić information content (AvgIpc) is 2.44. The molecule has 2 aromatic carbocycles. The van der Waals surface area contributed by atoms with Crippen molar-refractivity contribution in [3.8, 4) is 0 Å². The summed E-state index contributed by atoms with van der Waals surface area (Å²) < 4.78 is 0. The van der Waals surface area contributed by atoms with Gasteiger partial charge < -0.3 is 0 Å². The quantitative estimate of drug-likeness (QED) is 0.680. The third-order valence-corrected chi connectivity index (χ3v) is 4.36.